The summed E-state index contributed by atoms with van der Waals surface area (Å²) in [6, 6.07) is 0. The van der Waals surface area contributed by atoms with Crippen LogP contribution in [0, 0.1) is 5.92 Å². The zero-order chi connectivity index (χ0) is 7.61. The lowest BCUT2D eigenvalue weighted by Crippen LogP contribution is -2.38. The molecule has 1 unspecified atom stereocenters. The molecule has 0 radical (unpaired) electrons. The Kier molecular flexibility index (Phi) is 2.14. The van der Waals surface area contributed by atoms with Gasteiger partial charge in [-0.15, -0.1) is 0 Å². The van der Waals surface area contributed by atoms with E-state index in [1.807, 2.05) is 0 Å². The highest BCUT2D eigenvalue weighted by atomic mass is 15.3. The molecule has 0 fully saturated rings. The minimum atomic E-state index is 0.847. The van der Waals surface area contributed by atoms with Crippen LogP contribution < -0.4 is 0 Å². The standard InChI is InChI=1S/C9H18N/c1-10(2,3)8-9-6-4-5-7-9/h4,6,9H,5,7-8H2,1-3H3/q+1. The van der Waals surface area contributed by atoms with Crippen molar-refractivity contribution in [2.24, 2.45) is 5.92 Å². The lowest BCUT2D eigenvalue weighted by molar-refractivity contribution is -0.873. The molecule has 0 aliphatic heterocycles. The molecule has 1 rings (SSSR count). The van der Waals surface area contributed by atoms with Gasteiger partial charge in [-0.3, -0.25) is 0 Å². The third-order valence-corrected chi connectivity index (χ3v) is 1.89. The van der Waals surface area contributed by atoms with E-state index >= 15 is 0 Å². The summed E-state index contributed by atoms with van der Waals surface area (Å²) in [7, 11) is 6.77. The predicted octanol–water partition coefficient (Wildman–Crippen LogP) is 1.66. The van der Waals surface area contributed by atoms with E-state index in [0.717, 1.165) is 10.4 Å². The van der Waals surface area contributed by atoms with Crippen LogP contribution in [0.15, 0.2) is 12.2 Å². The Labute approximate surface area is 63.9 Å². The van der Waals surface area contributed by atoms with Crippen LogP contribution in [0.3, 0.4) is 0 Å². The summed E-state index contributed by atoms with van der Waals surface area (Å²) in [4.78, 5) is 0. The number of quaternary nitrogens is 1. The molecule has 1 aliphatic rings. The van der Waals surface area contributed by atoms with Gasteiger partial charge < -0.3 is 4.48 Å². The average Bonchev–Trinajstić information content (AvgIpc) is 2.12. The van der Waals surface area contributed by atoms with Crippen LogP contribution in [0.25, 0.3) is 0 Å². The fraction of sp³-hybridized carbons (Fsp3) is 0.778. The summed E-state index contributed by atoms with van der Waals surface area (Å²) < 4.78 is 1.09. The topological polar surface area (TPSA) is 0 Å². The zero-order valence-electron chi connectivity index (χ0n) is 7.30. The van der Waals surface area contributed by atoms with Crippen molar-refractivity contribution >= 4 is 0 Å². The molecule has 10 heavy (non-hydrogen) atoms. The second-order valence-electron chi connectivity index (χ2n) is 4.24. The molecule has 0 heterocycles. The normalized spacial score (nSPS) is 25.7. The van der Waals surface area contributed by atoms with Crippen LogP contribution in [-0.4, -0.2) is 32.2 Å². The highest BCUT2D eigenvalue weighted by Gasteiger charge is 2.17. The van der Waals surface area contributed by atoms with Crippen LogP contribution in [0.2, 0.25) is 0 Å². The van der Waals surface area contributed by atoms with E-state index in [-0.39, 0.29) is 0 Å². The first-order valence-corrected chi connectivity index (χ1v) is 4.05. The average molecular weight is 140 g/mol. The SMILES string of the molecule is C[N+](C)(C)CC1C=CCC1. The molecule has 0 aromatic carbocycles. The highest BCUT2D eigenvalue weighted by molar-refractivity contribution is 4.95. The molecule has 0 amide bonds. The first kappa shape index (κ1) is 7.80. The molecule has 0 aromatic rings. The second kappa shape index (κ2) is 2.75. The Balaban J connectivity index is 2.31. The number of hydrogen-bond donors (Lipinski definition) is 0. The van der Waals surface area contributed by atoms with Gasteiger partial charge in [0.15, 0.2) is 0 Å². The zero-order valence-corrected chi connectivity index (χ0v) is 7.30. The Morgan fingerprint density at radius 1 is 1.40 bits per heavy atom. The molecule has 1 atom stereocenters. The summed E-state index contributed by atoms with van der Waals surface area (Å²) in [5.74, 6) is 0.847. The molecule has 0 aromatic heterocycles. The van der Waals surface area contributed by atoms with Gasteiger partial charge in [-0.05, 0) is 12.8 Å². The molecule has 0 saturated heterocycles. The van der Waals surface area contributed by atoms with Gasteiger partial charge in [-0.2, -0.15) is 0 Å². The maximum absolute atomic E-state index is 2.36. The Hall–Kier alpha value is -0.300. The number of nitrogens with zero attached hydrogens (tertiary/aromatic N) is 1. The van der Waals surface area contributed by atoms with Gasteiger partial charge >= 0.3 is 0 Å². The van der Waals surface area contributed by atoms with E-state index in [0.29, 0.717) is 0 Å². The smallest absolute Gasteiger partial charge is 0.0844 e. The Morgan fingerprint density at radius 3 is 2.50 bits per heavy atom. The van der Waals surface area contributed by atoms with E-state index in [1.54, 1.807) is 0 Å². The fourth-order valence-electron chi connectivity index (χ4n) is 1.55. The first-order chi connectivity index (χ1) is 4.58. The third kappa shape index (κ3) is 2.53. The minimum absolute atomic E-state index is 0.847. The van der Waals surface area contributed by atoms with Gasteiger partial charge in [-0.1, -0.05) is 12.2 Å². The molecule has 0 saturated carbocycles. The van der Waals surface area contributed by atoms with Crippen molar-refractivity contribution in [3.05, 3.63) is 12.2 Å². The van der Waals surface area contributed by atoms with Crippen LogP contribution in [0.4, 0.5) is 0 Å². The maximum atomic E-state index is 2.36. The molecular weight excluding hydrogens is 122 g/mol. The van der Waals surface area contributed by atoms with Crippen molar-refractivity contribution < 1.29 is 4.48 Å². The molecular formula is C9H18N+. The van der Waals surface area contributed by atoms with Gasteiger partial charge in [-0.25, -0.2) is 0 Å². The van der Waals surface area contributed by atoms with E-state index in [2.05, 4.69) is 33.3 Å². The molecule has 58 valence electrons. The van der Waals surface area contributed by atoms with Gasteiger partial charge in [0.25, 0.3) is 0 Å². The molecule has 1 nitrogen and oxygen atoms in total. The van der Waals surface area contributed by atoms with E-state index in [4.69, 9.17) is 0 Å². The predicted molar refractivity (Wildman–Crippen MR) is 44.8 cm³/mol. The van der Waals surface area contributed by atoms with Gasteiger partial charge in [0.2, 0.25) is 0 Å². The Morgan fingerprint density at radius 2 is 2.10 bits per heavy atom. The lowest BCUT2D eigenvalue weighted by Gasteiger charge is -2.26. The van der Waals surface area contributed by atoms with Crippen molar-refractivity contribution in [3.8, 4) is 0 Å². The monoisotopic (exact) mass is 140 g/mol. The maximum Gasteiger partial charge on any atom is 0.0844 e. The first-order valence-electron chi connectivity index (χ1n) is 4.05. The largest absolute Gasteiger partial charge is 0.330 e. The summed E-state index contributed by atoms with van der Waals surface area (Å²) in [6.45, 7) is 1.29. The molecule has 0 bridgehead atoms. The quantitative estimate of drug-likeness (QED) is 0.404. The number of hydrogen-bond acceptors (Lipinski definition) is 0. The molecule has 1 heteroatoms. The van der Waals surface area contributed by atoms with Crippen molar-refractivity contribution in [1.82, 2.24) is 0 Å². The minimum Gasteiger partial charge on any atom is -0.330 e. The number of rotatable bonds is 2. The van der Waals surface area contributed by atoms with Gasteiger partial charge in [0.1, 0.15) is 0 Å². The van der Waals surface area contributed by atoms with Crippen LogP contribution in [0.5, 0.6) is 0 Å². The van der Waals surface area contributed by atoms with Crippen molar-refractivity contribution in [2.75, 3.05) is 27.7 Å². The molecule has 1 aliphatic carbocycles. The highest BCUT2D eigenvalue weighted by Crippen LogP contribution is 2.18. The summed E-state index contributed by atoms with van der Waals surface area (Å²) >= 11 is 0. The molecule has 0 spiro atoms. The Bertz CT molecular complexity index is 130. The molecule has 0 N–H and O–H groups in total. The fourth-order valence-corrected chi connectivity index (χ4v) is 1.55. The van der Waals surface area contributed by atoms with E-state index < -0.39 is 0 Å². The van der Waals surface area contributed by atoms with Crippen molar-refractivity contribution in [2.45, 2.75) is 12.8 Å². The van der Waals surface area contributed by atoms with E-state index in [1.165, 1.54) is 19.4 Å². The summed E-state index contributed by atoms with van der Waals surface area (Å²) in [5.41, 5.74) is 0. The van der Waals surface area contributed by atoms with Crippen molar-refractivity contribution in [3.63, 3.8) is 0 Å². The third-order valence-electron chi connectivity index (χ3n) is 1.89. The lowest BCUT2D eigenvalue weighted by atomic mass is 10.1. The second-order valence-corrected chi connectivity index (χ2v) is 4.24. The summed E-state index contributed by atoms with van der Waals surface area (Å²) in [5, 5.41) is 0. The van der Waals surface area contributed by atoms with Gasteiger partial charge in [0.05, 0.1) is 27.7 Å². The van der Waals surface area contributed by atoms with Gasteiger partial charge in [0, 0.05) is 5.92 Å². The van der Waals surface area contributed by atoms with Crippen LogP contribution in [-0.2, 0) is 0 Å². The summed E-state index contributed by atoms with van der Waals surface area (Å²) in [6.07, 6.45) is 7.34. The van der Waals surface area contributed by atoms with Crippen molar-refractivity contribution in [1.29, 1.82) is 0 Å². The van der Waals surface area contributed by atoms with Crippen LogP contribution >= 0.6 is 0 Å². The van der Waals surface area contributed by atoms with E-state index in [9.17, 15) is 0 Å². The number of allylic oxidation sites excluding steroid dienone is 1. The van der Waals surface area contributed by atoms with Crippen LogP contribution in [0.1, 0.15) is 12.8 Å².